The third-order valence-corrected chi connectivity index (χ3v) is 2.07. The summed E-state index contributed by atoms with van der Waals surface area (Å²) in [7, 11) is 0. The third-order valence-electron chi connectivity index (χ3n) is 2.07. The molecule has 0 bridgehead atoms. The maximum atomic E-state index is 11.1. The van der Waals surface area contributed by atoms with Gasteiger partial charge in [0.15, 0.2) is 6.61 Å². The van der Waals surface area contributed by atoms with Crippen molar-refractivity contribution in [3.63, 3.8) is 0 Å². The molecule has 1 heterocycles. The van der Waals surface area contributed by atoms with Gasteiger partial charge in [0.1, 0.15) is 6.04 Å². The number of hydroxylamine groups is 2. The second-order valence-corrected chi connectivity index (χ2v) is 3.43. The van der Waals surface area contributed by atoms with Gasteiger partial charge in [-0.2, -0.15) is 13.5 Å². The molecule has 0 aromatic rings. The molecule has 1 amide bonds. The lowest BCUT2D eigenvalue weighted by atomic mass is 9.85. The molecule has 82 valence electrons. The van der Waals surface area contributed by atoms with E-state index in [0.717, 1.165) is 5.06 Å². The minimum Gasteiger partial charge on any atom is -0.479 e. The van der Waals surface area contributed by atoms with Gasteiger partial charge >= 0.3 is 5.97 Å². The summed E-state index contributed by atoms with van der Waals surface area (Å²) in [6.07, 6.45) is 0. The van der Waals surface area contributed by atoms with E-state index in [2.05, 4.69) is 0 Å². The van der Waals surface area contributed by atoms with Crippen molar-refractivity contribution in [3.05, 3.63) is 0 Å². The molecule has 0 aliphatic carbocycles. The van der Waals surface area contributed by atoms with E-state index in [1.54, 1.807) is 13.8 Å². The Labute approximate surface area is 88.4 Å². The van der Waals surface area contributed by atoms with E-state index in [4.69, 9.17) is 15.7 Å². The number of carbonyl (C=O) groups is 2. The molecule has 0 saturated carbocycles. The van der Waals surface area contributed by atoms with Gasteiger partial charge in [0.2, 0.25) is 0 Å². The predicted molar refractivity (Wildman–Crippen MR) is 52.9 cm³/mol. The lowest BCUT2D eigenvalue weighted by Crippen LogP contribution is -2.74. The Balaban J connectivity index is 0.00000169. The molecule has 14 heavy (non-hydrogen) atoms. The first-order valence-electron chi connectivity index (χ1n) is 3.81. The molecule has 0 unspecified atom stereocenters. The molecule has 0 spiro atoms. The SMILES string of the molecule is CC1(C)[C@H](N)C(=O)N1OCC(=O)O.S. The lowest BCUT2D eigenvalue weighted by Gasteiger charge is -2.50. The highest BCUT2D eigenvalue weighted by molar-refractivity contribution is 7.59. The van der Waals surface area contributed by atoms with E-state index >= 15 is 0 Å². The molecule has 0 radical (unpaired) electrons. The monoisotopic (exact) mass is 222 g/mol. The van der Waals surface area contributed by atoms with Gasteiger partial charge in [-0.15, -0.1) is 0 Å². The standard InChI is InChI=1S/C7H12N2O4.H2S/c1-7(2)5(8)6(12)9(7)13-3-4(10)11;/h5H,3,8H2,1-2H3,(H,10,11);1H2/t5-;/m1./s1. The number of hydrogen-bond donors (Lipinski definition) is 2. The Bertz CT molecular complexity index is 256. The highest BCUT2D eigenvalue weighted by Crippen LogP contribution is 2.29. The van der Waals surface area contributed by atoms with Gasteiger partial charge < -0.3 is 10.8 Å². The van der Waals surface area contributed by atoms with Crippen molar-refractivity contribution in [3.8, 4) is 0 Å². The van der Waals surface area contributed by atoms with Crippen LogP contribution in [0.4, 0.5) is 0 Å². The Morgan fingerprint density at radius 3 is 2.57 bits per heavy atom. The van der Waals surface area contributed by atoms with Crippen molar-refractivity contribution in [2.75, 3.05) is 6.61 Å². The van der Waals surface area contributed by atoms with Crippen molar-refractivity contribution in [1.29, 1.82) is 0 Å². The van der Waals surface area contributed by atoms with Crippen molar-refractivity contribution < 1.29 is 19.5 Å². The number of hydrogen-bond acceptors (Lipinski definition) is 4. The summed E-state index contributed by atoms with van der Waals surface area (Å²) in [4.78, 5) is 26.0. The fourth-order valence-electron chi connectivity index (χ4n) is 1.12. The Morgan fingerprint density at radius 2 is 2.21 bits per heavy atom. The zero-order valence-electron chi connectivity index (χ0n) is 7.98. The van der Waals surface area contributed by atoms with E-state index in [0.29, 0.717) is 0 Å². The normalized spacial score (nSPS) is 23.8. The fraction of sp³-hybridized carbons (Fsp3) is 0.714. The van der Waals surface area contributed by atoms with Crippen LogP contribution in [0.5, 0.6) is 0 Å². The molecule has 1 aliphatic rings. The van der Waals surface area contributed by atoms with Crippen molar-refractivity contribution >= 4 is 25.4 Å². The van der Waals surface area contributed by atoms with Crippen molar-refractivity contribution in [2.45, 2.75) is 25.4 Å². The average molecular weight is 222 g/mol. The second kappa shape index (κ2) is 4.16. The molecule has 0 aromatic carbocycles. The van der Waals surface area contributed by atoms with Crippen LogP contribution >= 0.6 is 13.5 Å². The smallest absolute Gasteiger partial charge is 0.332 e. The Kier molecular flexibility index (Phi) is 3.92. The van der Waals surface area contributed by atoms with Crippen LogP contribution in [0.3, 0.4) is 0 Å². The van der Waals surface area contributed by atoms with Crippen LogP contribution in [0.1, 0.15) is 13.8 Å². The van der Waals surface area contributed by atoms with Crippen LogP contribution in [-0.2, 0) is 14.4 Å². The van der Waals surface area contributed by atoms with E-state index in [1.807, 2.05) is 0 Å². The summed E-state index contributed by atoms with van der Waals surface area (Å²) < 4.78 is 0. The molecule has 1 rings (SSSR count). The van der Waals surface area contributed by atoms with Gasteiger partial charge in [0.05, 0.1) is 5.54 Å². The van der Waals surface area contributed by atoms with Crippen LogP contribution in [-0.4, -0.2) is 40.2 Å². The number of carboxylic acids is 1. The van der Waals surface area contributed by atoms with E-state index < -0.39 is 24.2 Å². The number of nitrogens with two attached hydrogens (primary N) is 1. The number of carboxylic acid groups (broad SMARTS) is 1. The molecule has 7 heteroatoms. The first kappa shape index (κ1) is 13.2. The maximum absolute atomic E-state index is 11.1. The average Bonchev–Trinajstić information content (AvgIpc) is 2.02. The topological polar surface area (TPSA) is 92.9 Å². The largest absolute Gasteiger partial charge is 0.479 e. The summed E-state index contributed by atoms with van der Waals surface area (Å²) >= 11 is 0. The third kappa shape index (κ3) is 1.99. The lowest BCUT2D eigenvalue weighted by molar-refractivity contribution is -0.254. The van der Waals surface area contributed by atoms with Crippen LogP contribution < -0.4 is 5.73 Å². The van der Waals surface area contributed by atoms with Gasteiger partial charge in [-0.1, -0.05) is 0 Å². The van der Waals surface area contributed by atoms with Gasteiger partial charge in [-0.25, -0.2) is 9.86 Å². The van der Waals surface area contributed by atoms with Gasteiger partial charge in [0, 0.05) is 0 Å². The highest BCUT2D eigenvalue weighted by Gasteiger charge is 2.53. The molecule has 1 saturated heterocycles. The molecule has 3 N–H and O–H groups in total. The molecular weight excluding hydrogens is 208 g/mol. The first-order chi connectivity index (χ1) is 5.87. The van der Waals surface area contributed by atoms with Crippen molar-refractivity contribution in [2.24, 2.45) is 5.73 Å². The molecule has 1 fully saturated rings. The van der Waals surface area contributed by atoms with E-state index in [-0.39, 0.29) is 19.4 Å². The molecule has 0 aromatic heterocycles. The van der Waals surface area contributed by atoms with Crippen molar-refractivity contribution in [1.82, 2.24) is 5.06 Å². The highest BCUT2D eigenvalue weighted by atomic mass is 32.1. The molecular formula is C7H14N2O4S. The van der Waals surface area contributed by atoms with E-state index in [9.17, 15) is 9.59 Å². The van der Waals surface area contributed by atoms with Crippen LogP contribution in [0.25, 0.3) is 0 Å². The summed E-state index contributed by atoms with van der Waals surface area (Å²) in [5.41, 5.74) is 4.86. The van der Waals surface area contributed by atoms with Gasteiger partial charge in [0.25, 0.3) is 5.91 Å². The minimum atomic E-state index is -1.12. The number of aliphatic carboxylic acids is 1. The van der Waals surface area contributed by atoms with Crippen LogP contribution in [0.2, 0.25) is 0 Å². The quantitative estimate of drug-likeness (QED) is 0.601. The number of carbonyl (C=O) groups excluding carboxylic acids is 1. The Hall–Kier alpha value is -0.790. The van der Waals surface area contributed by atoms with Gasteiger partial charge in [-0.05, 0) is 13.8 Å². The number of nitrogens with zero attached hydrogens (tertiary/aromatic N) is 1. The molecule has 6 nitrogen and oxygen atoms in total. The zero-order valence-corrected chi connectivity index (χ0v) is 8.98. The van der Waals surface area contributed by atoms with Crippen LogP contribution in [0, 0.1) is 0 Å². The Morgan fingerprint density at radius 1 is 1.71 bits per heavy atom. The summed E-state index contributed by atoms with van der Waals surface area (Å²) in [5.74, 6) is -1.50. The summed E-state index contributed by atoms with van der Waals surface area (Å²) in [6.45, 7) is 2.89. The van der Waals surface area contributed by atoms with Crippen LogP contribution in [0.15, 0.2) is 0 Å². The summed E-state index contributed by atoms with van der Waals surface area (Å²) in [6, 6.07) is -0.610. The minimum absolute atomic E-state index is 0. The maximum Gasteiger partial charge on any atom is 0.332 e. The predicted octanol–water partition coefficient (Wildman–Crippen LogP) is -0.937. The van der Waals surface area contributed by atoms with E-state index in [1.165, 1.54) is 0 Å². The number of rotatable bonds is 3. The first-order valence-corrected chi connectivity index (χ1v) is 3.81. The summed E-state index contributed by atoms with van der Waals surface area (Å²) in [5, 5.41) is 9.32. The zero-order chi connectivity index (χ0) is 10.2. The fourth-order valence-corrected chi connectivity index (χ4v) is 1.12. The second-order valence-electron chi connectivity index (χ2n) is 3.43. The molecule has 1 atom stereocenters. The number of β-lactam (4-membered cyclic amide) rings is 1. The molecule has 1 aliphatic heterocycles. The number of amides is 1. The van der Waals surface area contributed by atoms with Gasteiger partial charge in [-0.3, -0.25) is 9.63 Å².